The van der Waals surface area contributed by atoms with E-state index in [-0.39, 0.29) is 11.9 Å². The lowest BCUT2D eigenvalue weighted by Gasteiger charge is -2.33. The zero-order valence-corrected chi connectivity index (χ0v) is 12.2. The molecule has 1 saturated heterocycles. The maximum atomic E-state index is 12.0. The van der Waals surface area contributed by atoms with Gasteiger partial charge in [-0.1, -0.05) is 6.42 Å². The van der Waals surface area contributed by atoms with Crippen molar-refractivity contribution in [3.63, 3.8) is 0 Å². The second kappa shape index (κ2) is 5.73. The van der Waals surface area contributed by atoms with Gasteiger partial charge in [0, 0.05) is 12.7 Å². The van der Waals surface area contributed by atoms with Gasteiger partial charge in [-0.3, -0.25) is 9.69 Å². The zero-order chi connectivity index (χ0) is 14.8. The number of H-pyrrole nitrogens is 1. The number of hydrogen-bond donors (Lipinski definition) is 3. The zero-order valence-electron chi connectivity index (χ0n) is 12.2. The Morgan fingerprint density at radius 1 is 1.52 bits per heavy atom. The first kappa shape index (κ1) is 13.9. The molecule has 0 saturated carbocycles. The highest BCUT2D eigenvalue weighted by Crippen LogP contribution is 2.21. The van der Waals surface area contributed by atoms with Crippen LogP contribution in [0.15, 0.2) is 18.2 Å². The van der Waals surface area contributed by atoms with Gasteiger partial charge in [0.25, 0.3) is 0 Å². The molecule has 1 atom stereocenters. The number of piperidine rings is 1. The molecule has 4 N–H and O–H groups in total. The van der Waals surface area contributed by atoms with Gasteiger partial charge in [0.1, 0.15) is 5.82 Å². The molecule has 2 heterocycles. The van der Waals surface area contributed by atoms with E-state index in [0.29, 0.717) is 6.54 Å². The number of hydrogen-bond acceptors (Lipinski definition) is 4. The van der Waals surface area contributed by atoms with Crippen molar-refractivity contribution >= 4 is 22.6 Å². The third-order valence-corrected chi connectivity index (χ3v) is 4.07. The van der Waals surface area contributed by atoms with E-state index in [9.17, 15) is 4.79 Å². The second-order valence-electron chi connectivity index (χ2n) is 5.56. The largest absolute Gasteiger partial charge is 0.399 e. The molecule has 0 radical (unpaired) electrons. The molecule has 6 heteroatoms. The average molecular weight is 287 g/mol. The smallest absolute Gasteiger partial charge is 0.237 e. The van der Waals surface area contributed by atoms with Crippen LogP contribution in [0, 0.1) is 0 Å². The molecular weight excluding hydrogens is 266 g/mol. The van der Waals surface area contributed by atoms with Crippen LogP contribution < -0.4 is 11.1 Å². The number of likely N-dealkylation sites (N-methyl/N-ethyl adjacent to an activating group) is 1. The van der Waals surface area contributed by atoms with E-state index in [1.54, 1.807) is 7.05 Å². The first-order valence-corrected chi connectivity index (χ1v) is 7.37. The monoisotopic (exact) mass is 287 g/mol. The van der Waals surface area contributed by atoms with Crippen molar-refractivity contribution < 1.29 is 4.79 Å². The maximum absolute atomic E-state index is 12.0. The van der Waals surface area contributed by atoms with Crippen LogP contribution in [0.1, 0.15) is 25.1 Å². The molecule has 112 valence electrons. The number of imidazole rings is 1. The molecule has 3 rings (SSSR count). The Labute approximate surface area is 123 Å². The summed E-state index contributed by atoms with van der Waals surface area (Å²) in [7, 11) is 1.69. The molecule has 21 heavy (non-hydrogen) atoms. The Morgan fingerprint density at radius 2 is 2.38 bits per heavy atom. The number of carbonyl (C=O) groups is 1. The highest BCUT2D eigenvalue weighted by Gasteiger charge is 2.28. The number of nitrogens with one attached hydrogen (secondary N) is 2. The Morgan fingerprint density at radius 3 is 3.19 bits per heavy atom. The van der Waals surface area contributed by atoms with Crippen LogP contribution in [-0.2, 0) is 11.3 Å². The van der Waals surface area contributed by atoms with Crippen LogP contribution in [0.25, 0.3) is 11.0 Å². The molecule has 0 bridgehead atoms. The fourth-order valence-corrected chi connectivity index (χ4v) is 2.99. The van der Waals surface area contributed by atoms with Crippen molar-refractivity contribution in [2.45, 2.75) is 31.8 Å². The summed E-state index contributed by atoms with van der Waals surface area (Å²) >= 11 is 0. The molecule has 6 nitrogen and oxygen atoms in total. The van der Waals surface area contributed by atoms with Gasteiger partial charge in [-0.05, 0) is 37.6 Å². The number of nitrogen functional groups attached to an aromatic ring is 1. The molecule has 0 aliphatic carbocycles. The average Bonchev–Trinajstić information content (AvgIpc) is 2.88. The fraction of sp³-hybridized carbons (Fsp3) is 0.467. The van der Waals surface area contributed by atoms with Crippen LogP contribution in [0.4, 0.5) is 5.69 Å². The van der Waals surface area contributed by atoms with E-state index in [1.165, 1.54) is 0 Å². The molecule has 1 aliphatic heterocycles. The highest BCUT2D eigenvalue weighted by molar-refractivity contribution is 5.81. The topological polar surface area (TPSA) is 87.0 Å². The van der Waals surface area contributed by atoms with Crippen LogP contribution in [0.5, 0.6) is 0 Å². The minimum atomic E-state index is -0.0537. The Balaban J connectivity index is 1.80. The normalized spacial score (nSPS) is 19.8. The van der Waals surface area contributed by atoms with Crippen LogP contribution in [-0.4, -0.2) is 40.4 Å². The molecule has 2 aromatic rings. The molecular formula is C15H21N5O. The minimum Gasteiger partial charge on any atom is -0.399 e. The summed E-state index contributed by atoms with van der Waals surface area (Å²) in [6, 6.07) is 5.60. The first-order valence-electron chi connectivity index (χ1n) is 7.37. The number of rotatable bonds is 3. The van der Waals surface area contributed by atoms with Crippen molar-refractivity contribution in [2.24, 2.45) is 0 Å². The van der Waals surface area contributed by atoms with E-state index in [1.807, 2.05) is 18.2 Å². The third kappa shape index (κ3) is 2.85. The fourth-order valence-electron chi connectivity index (χ4n) is 2.99. The molecule has 1 unspecified atom stereocenters. The molecule has 1 amide bonds. The van der Waals surface area contributed by atoms with Gasteiger partial charge < -0.3 is 16.0 Å². The lowest BCUT2D eigenvalue weighted by Crippen LogP contribution is -2.48. The number of likely N-dealkylation sites (tertiary alicyclic amines) is 1. The van der Waals surface area contributed by atoms with Gasteiger partial charge in [-0.15, -0.1) is 0 Å². The SMILES string of the molecule is CNC(=O)C1CCCCN1Cc1nc2ccc(N)cc2[nH]1. The van der Waals surface area contributed by atoms with Crippen LogP contribution in [0.3, 0.4) is 0 Å². The third-order valence-electron chi connectivity index (χ3n) is 4.07. The maximum Gasteiger partial charge on any atom is 0.237 e. The molecule has 1 aromatic heterocycles. The van der Waals surface area contributed by atoms with Crippen molar-refractivity contribution in [1.29, 1.82) is 0 Å². The predicted molar refractivity (Wildman–Crippen MR) is 82.6 cm³/mol. The summed E-state index contributed by atoms with van der Waals surface area (Å²) in [5.74, 6) is 0.974. The number of nitrogens with two attached hydrogens (primary N) is 1. The lowest BCUT2D eigenvalue weighted by molar-refractivity contribution is -0.127. The van der Waals surface area contributed by atoms with Crippen molar-refractivity contribution in [1.82, 2.24) is 20.2 Å². The Bertz CT molecular complexity index is 651. The van der Waals surface area contributed by atoms with Gasteiger partial charge >= 0.3 is 0 Å². The summed E-state index contributed by atoms with van der Waals surface area (Å²) in [6.45, 7) is 1.59. The number of fused-ring (bicyclic) bond motifs is 1. The standard InChI is InChI=1S/C15H21N5O/c1-17-15(21)13-4-2-3-7-20(13)9-14-18-11-6-5-10(16)8-12(11)19-14/h5-6,8,13H,2-4,7,9,16H2,1H3,(H,17,21)(H,18,19). The van der Waals surface area contributed by atoms with Gasteiger partial charge in [0.2, 0.25) is 5.91 Å². The molecule has 0 spiro atoms. The molecule has 1 aliphatic rings. The Hall–Kier alpha value is -2.08. The quantitative estimate of drug-likeness (QED) is 0.741. The van der Waals surface area contributed by atoms with Crippen LogP contribution >= 0.6 is 0 Å². The van der Waals surface area contributed by atoms with E-state index in [2.05, 4.69) is 20.2 Å². The summed E-state index contributed by atoms with van der Waals surface area (Å²) in [6.07, 6.45) is 3.14. The number of nitrogens with zero attached hydrogens (tertiary/aromatic N) is 2. The highest BCUT2D eigenvalue weighted by atomic mass is 16.2. The Kier molecular flexibility index (Phi) is 3.79. The number of carbonyl (C=O) groups excluding carboxylic acids is 1. The summed E-state index contributed by atoms with van der Waals surface area (Å²) < 4.78 is 0. The van der Waals surface area contributed by atoms with Crippen molar-refractivity contribution in [3.8, 4) is 0 Å². The first-order chi connectivity index (χ1) is 10.2. The number of benzene rings is 1. The summed E-state index contributed by atoms with van der Waals surface area (Å²) in [5, 5.41) is 2.76. The minimum absolute atomic E-state index is 0.0537. The van der Waals surface area contributed by atoms with Gasteiger partial charge in [0.15, 0.2) is 0 Å². The number of aromatic amines is 1. The van der Waals surface area contributed by atoms with Crippen molar-refractivity contribution in [2.75, 3.05) is 19.3 Å². The van der Waals surface area contributed by atoms with E-state index < -0.39 is 0 Å². The number of aromatic nitrogens is 2. The second-order valence-corrected chi connectivity index (χ2v) is 5.56. The molecule has 1 aromatic carbocycles. The predicted octanol–water partition coefficient (Wildman–Crippen LogP) is 1.25. The van der Waals surface area contributed by atoms with E-state index in [0.717, 1.165) is 48.4 Å². The van der Waals surface area contributed by atoms with Crippen molar-refractivity contribution in [3.05, 3.63) is 24.0 Å². The lowest BCUT2D eigenvalue weighted by atomic mass is 10.0. The number of anilines is 1. The van der Waals surface area contributed by atoms with E-state index >= 15 is 0 Å². The summed E-state index contributed by atoms with van der Waals surface area (Å²) in [5.41, 5.74) is 8.36. The van der Waals surface area contributed by atoms with Gasteiger partial charge in [0.05, 0.1) is 23.6 Å². The number of amides is 1. The van der Waals surface area contributed by atoms with Gasteiger partial charge in [-0.25, -0.2) is 4.98 Å². The molecule has 1 fully saturated rings. The van der Waals surface area contributed by atoms with Gasteiger partial charge in [-0.2, -0.15) is 0 Å². The summed E-state index contributed by atoms with van der Waals surface area (Å²) in [4.78, 5) is 22.1. The van der Waals surface area contributed by atoms with Crippen LogP contribution in [0.2, 0.25) is 0 Å². The van der Waals surface area contributed by atoms with E-state index in [4.69, 9.17) is 5.73 Å².